The van der Waals surface area contributed by atoms with Gasteiger partial charge in [0.2, 0.25) is 0 Å². The molecule has 0 amide bonds. The van der Waals surface area contributed by atoms with Crippen LogP contribution in [0.3, 0.4) is 0 Å². The lowest BCUT2D eigenvalue weighted by molar-refractivity contribution is 0.207. The van der Waals surface area contributed by atoms with E-state index in [9.17, 15) is 4.39 Å². The molecule has 18 heavy (non-hydrogen) atoms. The third-order valence-corrected chi connectivity index (χ3v) is 4.31. The number of hydrogen-bond donors (Lipinski definition) is 0. The lowest BCUT2D eigenvalue weighted by atomic mass is 10.0. The monoisotopic (exact) mass is 248 g/mol. The average molecular weight is 248 g/mol. The minimum absolute atomic E-state index is 0.0860. The van der Waals surface area contributed by atoms with Crippen molar-refractivity contribution in [2.75, 3.05) is 31.1 Å². The van der Waals surface area contributed by atoms with Crippen molar-refractivity contribution < 1.29 is 4.39 Å². The Kier molecular flexibility index (Phi) is 3.50. The van der Waals surface area contributed by atoms with Gasteiger partial charge in [-0.05, 0) is 50.9 Å². The van der Waals surface area contributed by atoms with Crippen molar-refractivity contribution in [2.24, 2.45) is 0 Å². The van der Waals surface area contributed by atoms with E-state index in [1.165, 1.54) is 38.8 Å². The number of para-hydroxylation sites is 1. The zero-order valence-corrected chi connectivity index (χ0v) is 10.8. The molecule has 1 aromatic rings. The molecule has 0 radical (unpaired) electrons. The highest BCUT2D eigenvalue weighted by Crippen LogP contribution is 2.26. The van der Waals surface area contributed by atoms with Gasteiger partial charge < -0.3 is 9.80 Å². The summed E-state index contributed by atoms with van der Waals surface area (Å²) >= 11 is 0. The van der Waals surface area contributed by atoms with Crippen LogP contribution in [0.4, 0.5) is 10.1 Å². The first-order chi connectivity index (χ1) is 8.84. The third kappa shape index (κ3) is 2.37. The molecule has 0 unspecified atom stereocenters. The number of hydrogen-bond acceptors (Lipinski definition) is 2. The molecule has 0 bridgehead atoms. The van der Waals surface area contributed by atoms with Gasteiger partial charge >= 0.3 is 0 Å². The lowest BCUT2D eigenvalue weighted by Gasteiger charge is -2.37. The van der Waals surface area contributed by atoms with Gasteiger partial charge in [0.25, 0.3) is 0 Å². The second-order valence-corrected chi connectivity index (χ2v) is 5.41. The fraction of sp³-hybridized carbons (Fsp3) is 0.600. The Labute approximate surface area is 108 Å². The zero-order valence-electron chi connectivity index (χ0n) is 10.8. The van der Waals surface area contributed by atoms with Gasteiger partial charge in [0.05, 0.1) is 5.69 Å². The summed E-state index contributed by atoms with van der Waals surface area (Å²) in [5.74, 6) is -0.0860. The van der Waals surface area contributed by atoms with E-state index < -0.39 is 0 Å². The number of rotatable bonds is 2. The first kappa shape index (κ1) is 12.0. The van der Waals surface area contributed by atoms with Gasteiger partial charge in [0.15, 0.2) is 0 Å². The maximum Gasteiger partial charge on any atom is 0.146 e. The standard InChI is InChI=1S/C15H21FN2/c16-14-5-1-2-6-15(14)18-11-7-13(8-12-18)17-9-3-4-10-17/h1-2,5-6,13H,3-4,7-12H2. The van der Waals surface area contributed by atoms with Crippen molar-refractivity contribution in [3.63, 3.8) is 0 Å². The van der Waals surface area contributed by atoms with Crippen molar-refractivity contribution in [2.45, 2.75) is 31.7 Å². The van der Waals surface area contributed by atoms with Gasteiger partial charge in [0.1, 0.15) is 5.82 Å². The van der Waals surface area contributed by atoms with E-state index in [4.69, 9.17) is 0 Å². The van der Waals surface area contributed by atoms with Crippen molar-refractivity contribution in [3.05, 3.63) is 30.1 Å². The molecule has 2 aliphatic heterocycles. The van der Waals surface area contributed by atoms with Crippen LogP contribution >= 0.6 is 0 Å². The first-order valence-corrected chi connectivity index (χ1v) is 7.08. The predicted octanol–water partition coefficient (Wildman–Crippen LogP) is 2.89. The Morgan fingerprint density at radius 3 is 2.28 bits per heavy atom. The van der Waals surface area contributed by atoms with Crippen LogP contribution in [0.1, 0.15) is 25.7 Å². The molecule has 0 aromatic heterocycles. The second kappa shape index (κ2) is 5.27. The van der Waals surface area contributed by atoms with Gasteiger partial charge in [-0.1, -0.05) is 12.1 Å². The summed E-state index contributed by atoms with van der Waals surface area (Å²) in [6.07, 6.45) is 5.06. The maximum absolute atomic E-state index is 13.7. The average Bonchev–Trinajstić information content (AvgIpc) is 2.94. The minimum Gasteiger partial charge on any atom is -0.369 e. The van der Waals surface area contributed by atoms with E-state index in [1.54, 1.807) is 12.1 Å². The Morgan fingerprint density at radius 1 is 0.944 bits per heavy atom. The quantitative estimate of drug-likeness (QED) is 0.794. The van der Waals surface area contributed by atoms with Crippen molar-refractivity contribution in [3.8, 4) is 0 Å². The molecular weight excluding hydrogens is 227 g/mol. The van der Waals surface area contributed by atoms with E-state index in [1.807, 2.05) is 12.1 Å². The molecule has 0 atom stereocenters. The molecule has 2 heterocycles. The molecule has 0 N–H and O–H groups in total. The van der Waals surface area contributed by atoms with Crippen LogP contribution in [-0.2, 0) is 0 Å². The number of anilines is 1. The summed E-state index contributed by atoms with van der Waals surface area (Å²) in [6, 6.07) is 7.87. The van der Waals surface area contributed by atoms with Gasteiger partial charge in [0, 0.05) is 19.1 Å². The van der Waals surface area contributed by atoms with Gasteiger partial charge in [-0.15, -0.1) is 0 Å². The molecule has 2 saturated heterocycles. The van der Waals surface area contributed by atoms with Crippen LogP contribution in [-0.4, -0.2) is 37.1 Å². The van der Waals surface area contributed by atoms with Gasteiger partial charge in [-0.2, -0.15) is 0 Å². The molecule has 0 spiro atoms. The molecule has 1 aromatic carbocycles. The summed E-state index contributed by atoms with van der Waals surface area (Å²) in [6.45, 7) is 4.51. The highest BCUT2D eigenvalue weighted by molar-refractivity contribution is 5.47. The van der Waals surface area contributed by atoms with E-state index in [2.05, 4.69) is 9.80 Å². The lowest BCUT2D eigenvalue weighted by Crippen LogP contribution is -2.44. The van der Waals surface area contributed by atoms with Gasteiger partial charge in [-0.3, -0.25) is 0 Å². The molecule has 2 aliphatic rings. The van der Waals surface area contributed by atoms with Crippen molar-refractivity contribution in [1.82, 2.24) is 4.90 Å². The summed E-state index contributed by atoms with van der Waals surface area (Å²) in [7, 11) is 0. The van der Waals surface area contributed by atoms with E-state index >= 15 is 0 Å². The Morgan fingerprint density at radius 2 is 1.61 bits per heavy atom. The minimum atomic E-state index is -0.0860. The molecule has 2 fully saturated rings. The SMILES string of the molecule is Fc1ccccc1N1CCC(N2CCCC2)CC1. The van der Waals surface area contributed by atoms with Crippen LogP contribution in [0.15, 0.2) is 24.3 Å². The van der Waals surface area contributed by atoms with Crippen LogP contribution in [0.5, 0.6) is 0 Å². The van der Waals surface area contributed by atoms with Crippen LogP contribution < -0.4 is 4.90 Å². The first-order valence-electron chi connectivity index (χ1n) is 7.08. The van der Waals surface area contributed by atoms with Gasteiger partial charge in [-0.25, -0.2) is 4.39 Å². The van der Waals surface area contributed by atoms with E-state index in [0.29, 0.717) is 0 Å². The highest BCUT2D eigenvalue weighted by Gasteiger charge is 2.27. The molecule has 3 heteroatoms. The maximum atomic E-state index is 13.7. The fourth-order valence-corrected chi connectivity index (χ4v) is 3.29. The Bertz CT molecular complexity index is 393. The normalized spacial score (nSPS) is 22.6. The number of halogens is 1. The smallest absolute Gasteiger partial charge is 0.146 e. The molecule has 0 saturated carbocycles. The molecule has 3 rings (SSSR count). The van der Waals surface area contributed by atoms with E-state index in [-0.39, 0.29) is 5.82 Å². The van der Waals surface area contributed by atoms with Crippen molar-refractivity contribution in [1.29, 1.82) is 0 Å². The molecule has 98 valence electrons. The Hall–Kier alpha value is -1.09. The summed E-state index contributed by atoms with van der Waals surface area (Å²) < 4.78 is 13.7. The summed E-state index contributed by atoms with van der Waals surface area (Å²) in [4.78, 5) is 4.82. The predicted molar refractivity (Wildman–Crippen MR) is 72.4 cm³/mol. The fourth-order valence-electron chi connectivity index (χ4n) is 3.29. The van der Waals surface area contributed by atoms with Crippen LogP contribution in [0.2, 0.25) is 0 Å². The summed E-state index contributed by atoms with van der Waals surface area (Å²) in [5.41, 5.74) is 0.775. The highest BCUT2D eigenvalue weighted by atomic mass is 19.1. The zero-order chi connectivity index (χ0) is 12.4. The van der Waals surface area contributed by atoms with Crippen LogP contribution in [0.25, 0.3) is 0 Å². The number of piperidine rings is 1. The van der Waals surface area contributed by atoms with Crippen LogP contribution in [0, 0.1) is 5.82 Å². The molecule has 2 nitrogen and oxygen atoms in total. The summed E-state index contributed by atoms with van der Waals surface area (Å²) in [5, 5.41) is 0. The molecule has 0 aliphatic carbocycles. The van der Waals surface area contributed by atoms with E-state index in [0.717, 1.165) is 24.8 Å². The van der Waals surface area contributed by atoms with Crippen molar-refractivity contribution >= 4 is 5.69 Å². The third-order valence-electron chi connectivity index (χ3n) is 4.31. The second-order valence-electron chi connectivity index (χ2n) is 5.41. The topological polar surface area (TPSA) is 6.48 Å². The number of nitrogens with zero attached hydrogens (tertiary/aromatic N) is 2. The number of benzene rings is 1. The number of likely N-dealkylation sites (tertiary alicyclic amines) is 1. The largest absolute Gasteiger partial charge is 0.369 e. The molecular formula is C15H21FN2. The Balaban J connectivity index is 1.61.